The predicted molar refractivity (Wildman–Crippen MR) is 112 cm³/mol. The molecule has 0 amide bonds. The smallest absolute Gasteiger partial charge is 0.0312 e. The van der Waals surface area contributed by atoms with Crippen LogP contribution in [0.4, 0.5) is 0 Å². The van der Waals surface area contributed by atoms with Crippen molar-refractivity contribution in [3.8, 4) is 0 Å². The van der Waals surface area contributed by atoms with Crippen LogP contribution in [0.5, 0.6) is 0 Å². The highest BCUT2D eigenvalue weighted by Crippen LogP contribution is 2.43. The lowest BCUT2D eigenvalue weighted by Gasteiger charge is -2.22. The molecule has 3 aromatic rings. The van der Waals surface area contributed by atoms with E-state index in [4.69, 9.17) is 5.41 Å². The Morgan fingerprint density at radius 2 is 1.77 bits per heavy atom. The molecule has 1 heteroatoms. The van der Waals surface area contributed by atoms with Gasteiger partial charge < -0.3 is 5.41 Å². The summed E-state index contributed by atoms with van der Waals surface area (Å²) in [5, 5.41) is 10.8. The highest BCUT2D eigenvalue weighted by Gasteiger charge is 2.27. The van der Waals surface area contributed by atoms with E-state index < -0.39 is 0 Å². The van der Waals surface area contributed by atoms with Crippen molar-refractivity contribution < 1.29 is 0 Å². The van der Waals surface area contributed by atoms with E-state index in [1.165, 1.54) is 45.0 Å². The molecule has 130 valence electrons. The van der Waals surface area contributed by atoms with Crippen LogP contribution in [0.25, 0.3) is 16.8 Å². The zero-order chi connectivity index (χ0) is 18.1. The molecule has 26 heavy (non-hydrogen) atoms. The molecule has 1 N–H and O–H groups in total. The van der Waals surface area contributed by atoms with E-state index in [0.717, 1.165) is 18.4 Å². The number of nitrogens with one attached hydrogen (secondary N) is 1. The second-order valence-electron chi connectivity index (χ2n) is 7.28. The Kier molecular flexibility index (Phi) is 4.46. The van der Waals surface area contributed by atoms with Crippen LogP contribution in [-0.2, 0) is 6.42 Å². The highest BCUT2D eigenvalue weighted by atomic mass is 14.4. The van der Waals surface area contributed by atoms with Gasteiger partial charge in [-0.15, -0.1) is 0 Å². The van der Waals surface area contributed by atoms with E-state index in [-0.39, 0.29) is 5.92 Å². The molecular formula is C25H25N. The summed E-state index contributed by atoms with van der Waals surface area (Å²) < 4.78 is 0. The number of rotatable bonds is 5. The molecule has 0 radical (unpaired) electrons. The second kappa shape index (κ2) is 6.92. The summed E-state index contributed by atoms with van der Waals surface area (Å²) in [5.41, 5.74) is 7.78. The molecule has 1 atom stereocenters. The Morgan fingerprint density at radius 1 is 1.00 bits per heavy atom. The van der Waals surface area contributed by atoms with Gasteiger partial charge in [-0.25, -0.2) is 0 Å². The number of unbranched alkanes of at least 4 members (excludes halogenated alkanes) is 1. The molecule has 0 aromatic heterocycles. The molecule has 3 aromatic carbocycles. The van der Waals surface area contributed by atoms with Crippen molar-refractivity contribution in [1.82, 2.24) is 0 Å². The summed E-state index contributed by atoms with van der Waals surface area (Å²) in [5.74, 6) is 0.257. The average molecular weight is 339 g/mol. The monoisotopic (exact) mass is 339 g/mol. The maximum absolute atomic E-state index is 8.21. The molecule has 0 saturated heterocycles. The quantitative estimate of drug-likeness (QED) is 0.498. The van der Waals surface area contributed by atoms with Crippen molar-refractivity contribution in [3.63, 3.8) is 0 Å². The van der Waals surface area contributed by atoms with Crippen LogP contribution in [0, 0.1) is 5.41 Å². The molecule has 1 aliphatic rings. The van der Waals surface area contributed by atoms with Gasteiger partial charge in [-0.1, -0.05) is 73.5 Å². The summed E-state index contributed by atoms with van der Waals surface area (Å²) >= 11 is 0. The van der Waals surface area contributed by atoms with E-state index in [2.05, 4.69) is 74.5 Å². The van der Waals surface area contributed by atoms with E-state index in [0.29, 0.717) is 0 Å². The van der Waals surface area contributed by atoms with Gasteiger partial charge in [-0.05, 0) is 64.4 Å². The van der Waals surface area contributed by atoms with Crippen LogP contribution in [-0.4, -0.2) is 6.21 Å². The van der Waals surface area contributed by atoms with Gasteiger partial charge in [-0.2, -0.15) is 0 Å². The number of hydrogen-bond acceptors (Lipinski definition) is 1. The molecule has 0 fully saturated rings. The van der Waals surface area contributed by atoms with E-state index in [9.17, 15) is 0 Å². The molecule has 4 rings (SSSR count). The van der Waals surface area contributed by atoms with Gasteiger partial charge in [-0.3, -0.25) is 0 Å². The summed E-state index contributed by atoms with van der Waals surface area (Å²) in [6.45, 7) is 4.45. The normalized spacial score (nSPS) is 15.8. The first-order valence-electron chi connectivity index (χ1n) is 9.56. The first kappa shape index (κ1) is 16.8. The minimum Gasteiger partial charge on any atom is -0.308 e. The standard InChI is InChI=1S/C25H25N/c1-3-4-11-22-20-12-7-5-10-19(20)15-23(24(22)16-26)25-17(2)14-18-9-6-8-13-21(18)25/h5-10,12-16,25-26H,3-4,11H2,1-2H3. The fourth-order valence-electron chi connectivity index (χ4n) is 4.39. The minimum atomic E-state index is 0.257. The summed E-state index contributed by atoms with van der Waals surface area (Å²) in [7, 11) is 0. The van der Waals surface area contributed by atoms with Crippen molar-refractivity contribution in [2.75, 3.05) is 0 Å². The van der Waals surface area contributed by atoms with Crippen LogP contribution in [0.15, 0.2) is 60.2 Å². The lowest BCUT2D eigenvalue weighted by Crippen LogP contribution is -2.07. The van der Waals surface area contributed by atoms with Gasteiger partial charge >= 0.3 is 0 Å². The molecule has 0 bridgehead atoms. The third kappa shape index (κ3) is 2.68. The third-order valence-corrected chi connectivity index (χ3v) is 5.61. The fraction of sp³-hybridized carbons (Fsp3) is 0.240. The Morgan fingerprint density at radius 3 is 2.58 bits per heavy atom. The highest BCUT2D eigenvalue weighted by molar-refractivity contribution is 5.96. The maximum Gasteiger partial charge on any atom is 0.0312 e. The van der Waals surface area contributed by atoms with Crippen LogP contribution < -0.4 is 0 Å². The van der Waals surface area contributed by atoms with Gasteiger partial charge in [0.2, 0.25) is 0 Å². The molecular weight excluding hydrogens is 314 g/mol. The summed E-state index contributed by atoms with van der Waals surface area (Å²) in [6, 6.07) is 19.6. The minimum absolute atomic E-state index is 0.257. The average Bonchev–Trinajstić information content (AvgIpc) is 3.00. The third-order valence-electron chi connectivity index (χ3n) is 5.61. The van der Waals surface area contributed by atoms with Crippen LogP contribution in [0.1, 0.15) is 60.4 Å². The van der Waals surface area contributed by atoms with Crippen molar-refractivity contribution in [3.05, 3.63) is 88.0 Å². The van der Waals surface area contributed by atoms with Crippen molar-refractivity contribution in [2.45, 2.75) is 39.0 Å². The van der Waals surface area contributed by atoms with Gasteiger partial charge in [0.05, 0.1) is 0 Å². The Labute approximate surface area is 155 Å². The molecule has 1 aliphatic carbocycles. The Hall–Kier alpha value is -2.67. The predicted octanol–water partition coefficient (Wildman–Crippen LogP) is 6.73. The van der Waals surface area contributed by atoms with Crippen molar-refractivity contribution in [2.24, 2.45) is 0 Å². The first-order valence-corrected chi connectivity index (χ1v) is 9.56. The number of allylic oxidation sites excluding steroid dienone is 1. The second-order valence-corrected chi connectivity index (χ2v) is 7.28. The Balaban J connectivity index is 1.99. The van der Waals surface area contributed by atoms with Crippen molar-refractivity contribution >= 4 is 23.1 Å². The van der Waals surface area contributed by atoms with Gasteiger partial charge in [0.25, 0.3) is 0 Å². The zero-order valence-corrected chi connectivity index (χ0v) is 15.5. The van der Waals surface area contributed by atoms with E-state index in [1.54, 1.807) is 6.21 Å². The fourth-order valence-corrected chi connectivity index (χ4v) is 4.39. The lowest BCUT2D eigenvalue weighted by molar-refractivity contribution is 0.796. The largest absolute Gasteiger partial charge is 0.308 e. The van der Waals surface area contributed by atoms with Crippen LogP contribution in [0.3, 0.4) is 0 Å². The number of fused-ring (bicyclic) bond motifs is 2. The number of benzene rings is 3. The molecule has 0 aliphatic heterocycles. The SMILES string of the molecule is CCCCc1c(C=N)c(C2C(C)=Cc3ccccc32)cc2ccccc12. The first-order chi connectivity index (χ1) is 12.7. The summed E-state index contributed by atoms with van der Waals surface area (Å²) in [6.07, 6.45) is 7.24. The Bertz CT molecular complexity index is 1010. The van der Waals surface area contributed by atoms with Gasteiger partial charge in [0.1, 0.15) is 0 Å². The zero-order valence-electron chi connectivity index (χ0n) is 15.5. The number of hydrogen-bond donors (Lipinski definition) is 1. The van der Waals surface area contributed by atoms with Crippen LogP contribution in [0.2, 0.25) is 0 Å². The van der Waals surface area contributed by atoms with E-state index >= 15 is 0 Å². The van der Waals surface area contributed by atoms with Gasteiger partial charge in [0.15, 0.2) is 0 Å². The molecule has 0 spiro atoms. The molecule has 1 nitrogen and oxygen atoms in total. The molecule has 0 heterocycles. The van der Waals surface area contributed by atoms with Crippen LogP contribution >= 0.6 is 0 Å². The summed E-state index contributed by atoms with van der Waals surface area (Å²) in [4.78, 5) is 0. The maximum atomic E-state index is 8.21. The molecule has 1 unspecified atom stereocenters. The molecule has 0 saturated carbocycles. The number of aryl methyl sites for hydroxylation is 1. The van der Waals surface area contributed by atoms with E-state index in [1.807, 2.05) is 0 Å². The van der Waals surface area contributed by atoms with Gasteiger partial charge in [0, 0.05) is 12.1 Å². The lowest BCUT2D eigenvalue weighted by atomic mass is 9.82. The van der Waals surface area contributed by atoms with Crippen molar-refractivity contribution in [1.29, 1.82) is 5.41 Å². The topological polar surface area (TPSA) is 23.9 Å².